The summed E-state index contributed by atoms with van der Waals surface area (Å²) >= 11 is 0. The van der Waals surface area contributed by atoms with Gasteiger partial charge in [-0.3, -0.25) is 4.79 Å². The molecule has 0 saturated heterocycles. The first-order valence-electron chi connectivity index (χ1n) is 10.8. The van der Waals surface area contributed by atoms with Gasteiger partial charge < -0.3 is 19.9 Å². The van der Waals surface area contributed by atoms with Gasteiger partial charge in [0.2, 0.25) is 5.91 Å². The Morgan fingerprint density at radius 3 is 2.77 bits per heavy atom. The molecular weight excluding hydrogens is 374 g/mol. The molecular formula is C25H33N3O2. The monoisotopic (exact) mass is 407 g/mol. The van der Waals surface area contributed by atoms with E-state index in [1.165, 1.54) is 11.1 Å². The predicted octanol–water partition coefficient (Wildman–Crippen LogP) is 4.38. The molecule has 5 nitrogen and oxygen atoms in total. The number of rotatable bonds is 9. The number of nitrogens with one attached hydrogen (secondary N) is 1. The van der Waals surface area contributed by atoms with Crippen molar-refractivity contribution in [2.75, 3.05) is 43.1 Å². The summed E-state index contributed by atoms with van der Waals surface area (Å²) in [6.07, 6.45) is 4.35. The topological polar surface area (TPSA) is 44.8 Å². The van der Waals surface area contributed by atoms with E-state index in [0.717, 1.165) is 43.1 Å². The molecule has 160 valence electrons. The third-order valence-electron chi connectivity index (χ3n) is 5.36. The Morgan fingerprint density at radius 2 is 2.03 bits per heavy atom. The van der Waals surface area contributed by atoms with E-state index >= 15 is 0 Å². The number of aryl methyl sites for hydroxylation is 1. The van der Waals surface area contributed by atoms with Gasteiger partial charge in [-0.1, -0.05) is 30.3 Å². The molecule has 5 heteroatoms. The molecule has 1 aliphatic heterocycles. The van der Waals surface area contributed by atoms with Crippen molar-refractivity contribution in [1.29, 1.82) is 0 Å². The lowest BCUT2D eigenvalue weighted by atomic mass is 10.1. The van der Waals surface area contributed by atoms with Gasteiger partial charge in [0.15, 0.2) is 0 Å². The number of amides is 1. The van der Waals surface area contributed by atoms with Crippen molar-refractivity contribution < 1.29 is 9.53 Å². The fourth-order valence-electron chi connectivity index (χ4n) is 3.91. The van der Waals surface area contributed by atoms with Crippen LogP contribution in [0.4, 0.5) is 11.4 Å². The molecule has 0 aromatic heterocycles. The van der Waals surface area contributed by atoms with Crippen molar-refractivity contribution in [3.05, 3.63) is 65.9 Å². The summed E-state index contributed by atoms with van der Waals surface area (Å²) in [5, 5.41) is 3.09. The minimum absolute atomic E-state index is 0.169. The summed E-state index contributed by atoms with van der Waals surface area (Å²) in [7, 11) is 1.91. The van der Waals surface area contributed by atoms with E-state index in [9.17, 15) is 4.79 Å². The van der Waals surface area contributed by atoms with E-state index in [0.29, 0.717) is 19.6 Å². The van der Waals surface area contributed by atoms with Crippen molar-refractivity contribution in [1.82, 2.24) is 5.32 Å². The van der Waals surface area contributed by atoms with E-state index in [1.54, 1.807) is 0 Å². The number of nitrogens with zero attached hydrogens (tertiary/aromatic N) is 2. The fraction of sp³-hybridized carbons (Fsp3) is 0.400. The molecule has 0 unspecified atom stereocenters. The minimum Gasteiger partial charge on any atom is -0.490 e. The van der Waals surface area contributed by atoms with Crippen molar-refractivity contribution in [3.63, 3.8) is 0 Å². The Bertz CT molecular complexity index is 864. The highest BCUT2D eigenvalue weighted by Gasteiger charge is 2.21. The van der Waals surface area contributed by atoms with Gasteiger partial charge in [0, 0.05) is 32.2 Å². The van der Waals surface area contributed by atoms with Gasteiger partial charge in [0.05, 0.1) is 12.2 Å². The van der Waals surface area contributed by atoms with Crippen LogP contribution < -0.4 is 19.9 Å². The standard InChI is InChI=1S/C25H33N3O2/c1-4-28(25(29)12-8-11-21-9-6-5-7-10-21)22-13-14-24-23(17-22)27(15-16-30-24)19-20(2)18-26-3/h5-7,9-10,13-14,17-18,26H,4,8,11-12,15-16,19H2,1-3H3/b20-18+. The van der Waals surface area contributed by atoms with E-state index in [2.05, 4.69) is 35.3 Å². The van der Waals surface area contributed by atoms with Crippen molar-refractivity contribution in [3.8, 4) is 5.75 Å². The first kappa shape index (κ1) is 21.8. The van der Waals surface area contributed by atoms with Gasteiger partial charge in [-0.2, -0.15) is 0 Å². The molecule has 3 rings (SSSR count). The maximum Gasteiger partial charge on any atom is 0.226 e. The number of carbonyl (C=O) groups excluding carboxylic acids is 1. The van der Waals surface area contributed by atoms with E-state index in [1.807, 2.05) is 55.4 Å². The summed E-state index contributed by atoms with van der Waals surface area (Å²) < 4.78 is 5.86. The van der Waals surface area contributed by atoms with Crippen LogP contribution in [-0.4, -0.2) is 39.2 Å². The Balaban J connectivity index is 1.70. The van der Waals surface area contributed by atoms with Crippen LogP contribution in [0.25, 0.3) is 0 Å². The van der Waals surface area contributed by atoms with Crippen LogP contribution in [-0.2, 0) is 11.2 Å². The fourth-order valence-corrected chi connectivity index (χ4v) is 3.91. The molecule has 0 fully saturated rings. The second kappa shape index (κ2) is 10.7. The largest absolute Gasteiger partial charge is 0.490 e. The zero-order chi connectivity index (χ0) is 21.3. The molecule has 1 aliphatic rings. The first-order chi connectivity index (χ1) is 14.6. The maximum atomic E-state index is 12.9. The lowest BCUT2D eigenvalue weighted by molar-refractivity contribution is -0.118. The number of fused-ring (bicyclic) bond motifs is 1. The van der Waals surface area contributed by atoms with Crippen molar-refractivity contribution >= 4 is 17.3 Å². The molecule has 1 heterocycles. The van der Waals surface area contributed by atoms with E-state index in [4.69, 9.17) is 4.74 Å². The highest BCUT2D eigenvalue weighted by molar-refractivity contribution is 5.94. The van der Waals surface area contributed by atoms with Gasteiger partial charge >= 0.3 is 0 Å². The third-order valence-corrected chi connectivity index (χ3v) is 5.36. The average Bonchev–Trinajstić information content (AvgIpc) is 2.75. The quantitative estimate of drug-likeness (QED) is 0.670. The number of hydrogen-bond donors (Lipinski definition) is 1. The Labute approximate surface area is 180 Å². The molecule has 0 aliphatic carbocycles. The van der Waals surface area contributed by atoms with Crippen LogP contribution >= 0.6 is 0 Å². The van der Waals surface area contributed by atoms with E-state index < -0.39 is 0 Å². The minimum atomic E-state index is 0.169. The van der Waals surface area contributed by atoms with Crippen LogP contribution in [0.2, 0.25) is 0 Å². The number of hydrogen-bond acceptors (Lipinski definition) is 4. The van der Waals surface area contributed by atoms with Crippen LogP contribution in [0.1, 0.15) is 32.3 Å². The third kappa shape index (κ3) is 5.56. The lowest BCUT2D eigenvalue weighted by Gasteiger charge is -2.33. The molecule has 0 radical (unpaired) electrons. The normalized spacial score (nSPS) is 13.4. The number of benzene rings is 2. The number of carbonyl (C=O) groups is 1. The van der Waals surface area contributed by atoms with Gasteiger partial charge in [-0.15, -0.1) is 0 Å². The molecule has 0 saturated carbocycles. The second-order valence-corrected chi connectivity index (χ2v) is 7.68. The molecule has 1 N–H and O–H groups in total. The predicted molar refractivity (Wildman–Crippen MR) is 124 cm³/mol. The van der Waals surface area contributed by atoms with E-state index in [-0.39, 0.29) is 5.91 Å². The maximum absolute atomic E-state index is 12.9. The summed E-state index contributed by atoms with van der Waals surface area (Å²) in [5.74, 6) is 1.05. The smallest absolute Gasteiger partial charge is 0.226 e. The van der Waals surface area contributed by atoms with Crippen LogP contribution in [0.15, 0.2) is 60.3 Å². The van der Waals surface area contributed by atoms with Gasteiger partial charge in [0.1, 0.15) is 12.4 Å². The molecule has 30 heavy (non-hydrogen) atoms. The summed E-state index contributed by atoms with van der Waals surface area (Å²) in [4.78, 5) is 17.1. The highest BCUT2D eigenvalue weighted by Crippen LogP contribution is 2.36. The van der Waals surface area contributed by atoms with Gasteiger partial charge in [0.25, 0.3) is 0 Å². The molecule has 0 spiro atoms. The Morgan fingerprint density at radius 1 is 1.23 bits per heavy atom. The summed E-state index contributed by atoms with van der Waals surface area (Å²) in [6.45, 7) is 7.14. The average molecular weight is 408 g/mol. The summed E-state index contributed by atoms with van der Waals surface area (Å²) in [6, 6.07) is 16.4. The van der Waals surface area contributed by atoms with Crippen molar-refractivity contribution in [2.45, 2.75) is 33.1 Å². The molecule has 2 aromatic carbocycles. The second-order valence-electron chi connectivity index (χ2n) is 7.68. The van der Waals surface area contributed by atoms with Crippen molar-refractivity contribution in [2.24, 2.45) is 0 Å². The number of ether oxygens (including phenoxy) is 1. The molecule has 0 atom stereocenters. The van der Waals surface area contributed by atoms with Gasteiger partial charge in [-0.05, 0) is 62.2 Å². The van der Waals surface area contributed by atoms with Crippen LogP contribution in [0, 0.1) is 0 Å². The molecule has 1 amide bonds. The molecule has 2 aromatic rings. The van der Waals surface area contributed by atoms with Crippen LogP contribution in [0.5, 0.6) is 5.75 Å². The summed E-state index contributed by atoms with van der Waals surface area (Å²) in [5.41, 5.74) is 4.52. The molecule has 0 bridgehead atoms. The zero-order valence-electron chi connectivity index (χ0n) is 18.4. The zero-order valence-corrected chi connectivity index (χ0v) is 18.4. The highest BCUT2D eigenvalue weighted by atomic mass is 16.5. The first-order valence-corrected chi connectivity index (χ1v) is 10.8. The Hall–Kier alpha value is -2.95. The Kier molecular flexibility index (Phi) is 7.77. The van der Waals surface area contributed by atoms with Crippen LogP contribution in [0.3, 0.4) is 0 Å². The number of anilines is 2. The lowest BCUT2D eigenvalue weighted by Crippen LogP contribution is -2.35. The SMILES string of the molecule is CCN(C(=O)CCCc1ccccc1)c1ccc2c(c1)N(C/C(C)=C/NC)CCO2. The van der Waals surface area contributed by atoms with Gasteiger partial charge in [-0.25, -0.2) is 0 Å².